The van der Waals surface area contributed by atoms with Crippen molar-refractivity contribution in [1.82, 2.24) is 4.90 Å². The number of carbonyl (C=O) groups is 2. The van der Waals surface area contributed by atoms with Gasteiger partial charge < -0.3 is 10.4 Å². The van der Waals surface area contributed by atoms with Gasteiger partial charge in [0.15, 0.2) is 0 Å². The molecule has 1 unspecified atom stereocenters. The smallest absolute Gasteiger partial charge is 0.304 e. The first-order valence-electron chi connectivity index (χ1n) is 6.83. The molecule has 1 aromatic rings. The van der Waals surface area contributed by atoms with E-state index in [9.17, 15) is 9.59 Å². The van der Waals surface area contributed by atoms with E-state index in [1.807, 2.05) is 6.07 Å². The van der Waals surface area contributed by atoms with Crippen LogP contribution in [0.5, 0.6) is 0 Å². The van der Waals surface area contributed by atoms with Crippen molar-refractivity contribution in [3.05, 3.63) is 17.0 Å². The SMILES string of the molecule is N#Cc1ccsc1NC(=O)CCN1CCCC1CC(=O)O. The van der Waals surface area contributed by atoms with Gasteiger partial charge >= 0.3 is 5.97 Å². The van der Waals surface area contributed by atoms with E-state index in [-0.39, 0.29) is 18.4 Å². The third-order valence-corrected chi connectivity index (χ3v) is 4.40. The summed E-state index contributed by atoms with van der Waals surface area (Å²) >= 11 is 1.32. The van der Waals surface area contributed by atoms with E-state index >= 15 is 0 Å². The standard InChI is InChI=1S/C14H17N3O3S/c15-9-10-4-7-21-14(10)16-12(18)3-6-17-5-1-2-11(17)8-13(19)20/h4,7,11H,1-3,5-6,8H2,(H,16,18)(H,19,20). The molecule has 1 atom stereocenters. The summed E-state index contributed by atoms with van der Waals surface area (Å²) in [5.41, 5.74) is 0.471. The average molecular weight is 307 g/mol. The molecule has 0 aliphatic carbocycles. The number of hydrogen-bond acceptors (Lipinski definition) is 5. The van der Waals surface area contributed by atoms with Crippen LogP contribution in [0.4, 0.5) is 5.00 Å². The highest BCUT2D eigenvalue weighted by molar-refractivity contribution is 7.14. The molecule has 0 aromatic carbocycles. The summed E-state index contributed by atoms with van der Waals surface area (Å²) in [4.78, 5) is 24.8. The zero-order chi connectivity index (χ0) is 15.2. The fourth-order valence-electron chi connectivity index (χ4n) is 2.55. The number of anilines is 1. The summed E-state index contributed by atoms with van der Waals surface area (Å²) in [5, 5.41) is 22.8. The summed E-state index contributed by atoms with van der Waals surface area (Å²) in [5.74, 6) is -0.941. The summed E-state index contributed by atoms with van der Waals surface area (Å²) in [7, 11) is 0. The highest BCUT2D eigenvalue weighted by atomic mass is 32.1. The minimum Gasteiger partial charge on any atom is -0.481 e. The molecule has 2 rings (SSSR count). The maximum Gasteiger partial charge on any atom is 0.304 e. The number of nitrogens with zero attached hydrogens (tertiary/aromatic N) is 2. The molecular weight excluding hydrogens is 290 g/mol. The lowest BCUT2D eigenvalue weighted by Crippen LogP contribution is -2.33. The fourth-order valence-corrected chi connectivity index (χ4v) is 3.30. The Morgan fingerprint density at radius 1 is 1.57 bits per heavy atom. The highest BCUT2D eigenvalue weighted by Gasteiger charge is 2.26. The van der Waals surface area contributed by atoms with Crippen LogP contribution in [0.2, 0.25) is 0 Å². The van der Waals surface area contributed by atoms with Crippen molar-refractivity contribution in [3.63, 3.8) is 0 Å². The first-order chi connectivity index (χ1) is 10.1. The molecule has 1 aromatic heterocycles. The van der Waals surface area contributed by atoms with Gasteiger partial charge in [0, 0.05) is 19.0 Å². The summed E-state index contributed by atoms with van der Waals surface area (Å²) in [6.45, 7) is 1.39. The van der Waals surface area contributed by atoms with Crippen LogP contribution in [0, 0.1) is 11.3 Å². The lowest BCUT2D eigenvalue weighted by Gasteiger charge is -2.22. The number of rotatable bonds is 6. The van der Waals surface area contributed by atoms with Crippen LogP contribution >= 0.6 is 11.3 Å². The fraction of sp³-hybridized carbons (Fsp3) is 0.500. The lowest BCUT2D eigenvalue weighted by molar-refractivity contribution is -0.138. The predicted octanol–water partition coefficient (Wildman–Crippen LogP) is 1.89. The molecule has 1 saturated heterocycles. The Balaban J connectivity index is 1.81. The van der Waals surface area contributed by atoms with Crippen molar-refractivity contribution in [3.8, 4) is 6.07 Å². The zero-order valence-corrected chi connectivity index (χ0v) is 12.4. The maximum absolute atomic E-state index is 11.9. The van der Waals surface area contributed by atoms with Gasteiger partial charge in [-0.2, -0.15) is 5.26 Å². The van der Waals surface area contributed by atoms with Crippen LogP contribution in [0.25, 0.3) is 0 Å². The Labute approximate surface area is 127 Å². The molecule has 7 heteroatoms. The number of amides is 1. The van der Waals surface area contributed by atoms with Gasteiger partial charge in [-0.3, -0.25) is 14.5 Å². The first-order valence-corrected chi connectivity index (χ1v) is 7.71. The number of carbonyl (C=O) groups excluding carboxylic acids is 1. The summed E-state index contributed by atoms with van der Waals surface area (Å²) in [6.07, 6.45) is 2.28. The number of nitrogens with one attached hydrogen (secondary N) is 1. The Bertz CT molecular complexity index is 564. The molecule has 2 N–H and O–H groups in total. The average Bonchev–Trinajstić information content (AvgIpc) is 3.05. The van der Waals surface area contributed by atoms with Crippen molar-refractivity contribution in [2.75, 3.05) is 18.4 Å². The van der Waals surface area contributed by atoms with Gasteiger partial charge in [-0.05, 0) is 30.8 Å². The van der Waals surface area contributed by atoms with Crippen molar-refractivity contribution < 1.29 is 14.7 Å². The Hall–Kier alpha value is -1.91. The molecule has 1 aliphatic heterocycles. The third-order valence-electron chi connectivity index (χ3n) is 3.57. The van der Waals surface area contributed by atoms with Crippen LogP contribution in [0.15, 0.2) is 11.4 Å². The van der Waals surface area contributed by atoms with E-state index in [2.05, 4.69) is 10.2 Å². The quantitative estimate of drug-likeness (QED) is 0.837. The number of aliphatic carboxylic acids is 1. The highest BCUT2D eigenvalue weighted by Crippen LogP contribution is 2.23. The van der Waals surface area contributed by atoms with Crippen molar-refractivity contribution in [2.45, 2.75) is 31.7 Å². The van der Waals surface area contributed by atoms with E-state index in [4.69, 9.17) is 10.4 Å². The van der Waals surface area contributed by atoms with Gasteiger partial charge in [0.2, 0.25) is 5.91 Å². The van der Waals surface area contributed by atoms with Crippen LogP contribution in [0.3, 0.4) is 0 Å². The van der Waals surface area contributed by atoms with Crippen molar-refractivity contribution >= 4 is 28.2 Å². The van der Waals surface area contributed by atoms with Crippen LogP contribution in [-0.4, -0.2) is 41.0 Å². The molecule has 0 spiro atoms. The van der Waals surface area contributed by atoms with Gasteiger partial charge in [-0.1, -0.05) is 0 Å². The molecule has 1 aliphatic rings. The topological polar surface area (TPSA) is 93.4 Å². The predicted molar refractivity (Wildman–Crippen MR) is 79.1 cm³/mol. The second kappa shape index (κ2) is 7.20. The van der Waals surface area contributed by atoms with Gasteiger partial charge in [0.1, 0.15) is 11.1 Å². The molecule has 0 saturated carbocycles. The third kappa shape index (κ3) is 4.28. The number of carboxylic acid groups (broad SMARTS) is 1. The normalized spacial score (nSPS) is 18.3. The molecule has 6 nitrogen and oxygen atoms in total. The van der Waals surface area contributed by atoms with Crippen molar-refractivity contribution in [1.29, 1.82) is 5.26 Å². The summed E-state index contributed by atoms with van der Waals surface area (Å²) < 4.78 is 0. The molecule has 1 amide bonds. The number of nitriles is 1. The number of hydrogen-bond donors (Lipinski definition) is 2. The monoisotopic (exact) mass is 307 g/mol. The van der Waals surface area contributed by atoms with E-state index < -0.39 is 5.97 Å². The molecule has 2 heterocycles. The molecule has 0 radical (unpaired) electrons. The molecular formula is C14H17N3O3S. The Morgan fingerprint density at radius 3 is 3.10 bits per heavy atom. The second-order valence-corrected chi connectivity index (χ2v) is 5.92. The molecule has 1 fully saturated rings. The maximum atomic E-state index is 11.9. The Kier molecular flexibility index (Phi) is 5.31. The summed E-state index contributed by atoms with van der Waals surface area (Å²) in [6, 6.07) is 3.73. The van der Waals surface area contributed by atoms with E-state index in [0.29, 0.717) is 23.5 Å². The number of carboxylic acids is 1. The van der Waals surface area contributed by atoms with Gasteiger partial charge in [0.05, 0.1) is 12.0 Å². The van der Waals surface area contributed by atoms with Crippen molar-refractivity contribution in [2.24, 2.45) is 0 Å². The number of likely N-dealkylation sites (tertiary alicyclic amines) is 1. The molecule has 112 valence electrons. The Morgan fingerprint density at radius 2 is 2.38 bits per heavy atom. The zero-order valence-electron chi connectivity index (χ0n) is 11.5. The van der Waals surface area contributed by atoms with E-state index in [0.717, 1.165) is 19.4 Å². The second-order valence-electron chi connectivity index (χ2n) is 5.00. The van der Waals surface area contributed by atoms with Crippen LogP contribution in [0.1, 0.15) is 31.2 Å². The largest absolute Gasteiger partial charge is 0.481 e. The molecule has 21 heavy (non-hydrogen) atoms. The number of thiophene rings is 1. The van der Waals surface area contributed by atoms with E-state index in [1.165, 1.54) is 11.3 Å². The molecule has 0 bridgehead atoms. The van der Waals surface area contributed by atoms with E-state index in [1.54, 1.807) is 11.4 Å². The lowest BCUT2D eigenvalue weighted by atomic mass is 10.1. The minimum absolute atomic E-state index is 0.0340. The van der Waals surface area contributed by atoms with Crippen LogP contribution in [-0.2, 0) is 9.59 Å². The first kappa shape index (κ1) is 15.5. The minimum atomic E-state index is -0.798. The van der Waals surface area contributed by atoms with Crippen LogP contribution < -0.4 is 5.32 Å². The van der Waals surface area contributed by atoms with Gasteiger partial charge in [-0.25, -0.2) is 0 Å². The van der Waals surface area contributed by atoms with Gasteiger partial charge in [-0.15, -0.1) is 11.3 Å². The van der Waals surface area contributed by atoms with Gasteiger partial charge in [0.25, 0.3) is 0 Å².